The molecule has 2 aliphatic heterocycles. The smallest absolute Gasteiger partial charge is 0.347 e. The van der Waals surface area contributed by atoms with E-state index in [1.54, 1.807) is 36.4 Å². The second-order valence-corrected chi connectivity index (χ2v) is 12.2. The summed E-state index contributed by atoms with van der Waals surface area (Å²) in [5.41, 5.74) is 1.47. The SMILES string of the molecule is COc1cc(O)c([C@H]2C3=CCn4c(=O)n(C)c(=O)n4[C@@H]3C[C@H]3C(=O)N(Nc4ccc(F)cc4)C(=O)[C@@]23c2ccc(Cl)cc2)c(OC)c1. The number of nitrogens with one attached hydrogen (secondary N) is 1. The molecule has 2 amide bonds. The third-order valence-corrected chi connectivity index (χ3v) is 9.80. The van der Waals surface area contributed by atoms with E-state index < -0.39 is 52.3 Å². The maximum absolute atomic E-state index is 15.1. The molecule has 3 aromatic carbocycles. The van der Waals surface area contributed by atoms with Crippen LogP contribution in [0.2, 0.25) is 5.02 Å². The van der Waals surface area contributed by atoms with Gasteiger partial charge in [-0.3, -0.25) is 15.0 Å². The van der Waals surface area contributed by atoms with Crippen molar-refractivity contribution in [2.45, 2.75) is 30.3 Å². The molecule has 47 heavy (non-hydrogen) atoms. The molecule has 12 nitrogen and oxygen atoms in total. The van der Waals surface area contributed by atoms with Crippen molar-refractivity contribution in [1.29, 1.82) is 0 Å². The largest absolute Gasteiger partial charge is 0.507 e. The third kappa shape index (κ3) is 4.25. The van der Waals surface area contributed by atoms with Crippen LogP contribution in [-0.2, 0) is 28.6 Å². The standard InChI is InChI=1S/C33H29ClFN5O7/c1-37-31(44)38-13-12-22-24(40(38)32(37)45)16-23-29(42)39(36-20-10-8-19(35)9-11-20)30(43)33(23,17-4-6-18(34)7-5-17)28(22)27-25(41)14-21(46-2)15-26(27)47-3/h4-12,14-15,23-24,28,36,41H,13,16H2,1-3H3/t23-,24+,28+,33+/m0/s1. The summed E-state index contributed by atoms with van der Waals surface area (Å²) >= 11 is 6.30. The fourth-order valence-corrected chi connectivity index (χ4v) is 7.63. The van der Waals surface area contributed by atoms with E-state index in [2.05, 4.69) is 5.43 Å². The number of aromatic nitrogens is 3. The van der Waals surface area contributed by atoms with Crippen molar-refractivity contribution < 1.29 is 28.6 Å². The van der Waals surface area contributed by atoms with Gasteiger partial charge in [0.2, 0.25) is 0 Å². The number of carbonyl (C=O) groups excluding carboxylic acids is 2. The molecular weight excluding hydrogens is 633 g/mol. The number of hydrogen-bond acceptors (Lipinski definition) is 8. The Morgan fingerprint density at radius 3 is 2.34 bits per heavy atom. The number of phenols is 1. The molecule has 2 N–H and O–H groups in total. The number of carbonyl (C=O) groups is 2. The number of hydrogen-bond donors (Lipinski definition) is 2. The minimum absolute atomic E-state index is 0.00246. The van der Waals surface area contributed by atoms with Crippen LogP contribution in [-0.4, -0.2) is 50.1 Å². The number of hydrazine groups is 1. The van der Waals surface area contributed by atoms with Gasteiger partial charge in [-0.05, 0) is 54.0 Å². The highest BCUT2D eigenvalue weighted by molar-refractivity contribution is 6.30. The van der Waals surface area contributed by atoms with Gasteiger partial charge in [-0.1, -0.05) is 29.8 Å². The number of nitrogens with zero attached hydrogens (tertiary/aromatic N) is 4. The molecule has 3 aliphatic rings. The Balaban J connectivity index is 1.55. The zero-order valence-corrected chi connectivity index (χ0v) is 26.2. The molecular formula is C33H29ClFN5O7. The average molecular weight is 662 g/mol. The first-order chi connectivity index (χ1) is 22.5. The van der Waals surface area contributed by atoms with E-state index in [0.717, 1.165) is 9.58 Å². The summed E-state index contributed by atoms with van der Waals surface area (Å²) in [6.07, 6.45) is 1.72. The van der Waals surface area contributed by atoms with E-state index in [4.69, 9.17) is 21.1 Å². The Morgan fingerprint density at radius 1 is 0.979 bits per heavy atom. The number of ether oxygens (including phenoxy) is 2. The highest BCUT2D eigenvalue weighted by Crippen LogP contribution is 2.64. The highest BCUT2D eigenvalue weighted by Gasteiger charge is 2.69. The van der Waals surface area contributed by atoms with Gasteiger partial charge in [-0.15, -0.1) is 0 Å². The number of aromatic hydroxyl groups is 1. The van der Waals surface area contributed by atoms with Crippen molar-refractivity contribution in [3.63, 3.8) is 0 Å². The lowest BCUT2D eigenvalue weighted by molar-refractivity contribution is -0.138. The number of fused-ring (bicyclic) bond motifs is 4. The van der Waals surface area contributed by atoms with Crippen molar-refractivity contribution in [3.05, 3.63) is 115 Å². The second-order valence-electron chi connectivity index (χ2n) is 11.7. The number of anilines is 1. The topological polar surface area (TPSA) is 137 Å². The van der Waals surface area contributed by atoms with Gasteiger partial charge in [0.25, 0.3) is 11.8 Å². The molecule has 4 aromatic rings. The highest BCUT2D eigenvalue weighted by atomic mass is 35.5. The van der Waals surface area contributed by atoms with Crippen molar-refractivity contribution >= 4 is 29.1 Å². The van der Waals surface area contributed by atoms with E-state index in [9.17, 15) is 23.9 Å². The minimum atomic E-state index is -1.71. The Morgan fingerprint density at radius 2 is 1.68 bits per heavy atom. The van der Waals surface area contributed by atoms with Crippen LogP contribution < -0.4 is 26.3 Å². The molecule has 1 aromatic heterocycles. The first kappa shape index (κ1) is 30.4. The molecule has 4 atom stereocenters. The molecule has 0 spiro atoms. The number of imide groups is 1. The van der Waals surface area contributed by atoms with Crippen LogP contribution in [0, 0.1) is 11.7 Å². The zero-order valence-electron chi connectivity index (χ0n) is 25.4. The van der Waals surface area contributed by atoms with Crippen LogP contribution >= 0.6 is 11.6 Å². The van der Waals surface area contributed by atoms with E-state index in [1.165, 1.54) is 61.0 Å². The van der Waals surface area contributed by atoms with Crippen LogP contribution in [0.5, 0.6) is 17.2 Å². The summed E-state index contributed by atoms with van der Waals surface area (Å²) in [5.74, 6) is -3.80. The predicted octanol–water partition coefficient (Wildman–Crippen LogP) is 3.48. The molecule has 0 unspecified atom stereocenters. The number of rotatable bonds is 6. The lowest BCUT2D eigenvalue weighted by Gasteiger charge is -2.49. The number of phenolic OH excluding ortho intramolecular Hbond substituents is 1. The molecule has 14 heteroatoms. The van der Waals surface area contributed by atoms with Crippen LogP contribution in [0.15, 0.2) is 81.9 Å². The molecule has 3 heterocycles. The van der Waals surface area contributed by atoms with Gasteiger partial charge in [-0.25, -0.2) is 27.9 Å². The first-order valence-electron chi connectivity index (χ1n) is 14.7. The maximum atomic E-state index is 15.1. The molecule has 1 aliphatic carbocycles. The summed E-state index contributed by atoms with van der Waals surface area (Å²) in [7, 11) is 4.21. The van der Waals surface area contributed by atoms with E-state index in [-0.39, 0.29) is 41.5 Å². The predicted molar refractivity (Wildman–Crippen MR) is 168 cm³/mol. The maximum Gasteiger partial charge on any atom is 0.347 e. The van der Waals surface area contributed by atoms with Crippen molar-refractivity contribution in [1.82, 2.24) is 18.9 Å². The number of halogens is 2. The number of amides is 2. The van der Waals surface area contributed by atoms with E-state index in [0.29, 0.717) is 16.2 Å². The summed E-state index contributed by atoms with van der Waals surface area (Å²) in [6.45, 7) is -0.00246. The van der Waals surface area contributed by atoms with Gasteiger partial charge in [0.05, 0.1) is 43.8 Å². The van der Waals surface area contributed by atoms with E-state index >= 15 is 4.79 Å². The van der Waals surface area contributed by atoms with E-state index in [1.807, 2.05) is 0 Å². The zero-order chi connectivity index (χ0) is 33.4. The van der Waals surface area contributed by atoms with Crippen molar-refractivity contribution in [2.75, 3.05) is 19.6 Å². The van der Waals surface area contributed by atoms with Gasteiger partial charge in [0.1, 0.15) is 23.1 Å². The molecule has 2 fully saturated rings. The summed E-state index contributed by atoms with van der Waals surface area (Å²) < 4.78 is 28.5. The number of allylic oxidation sites excluding steroid dienone is 2. The normalized spacial score (nSPS) is 23.1. The van der Waals surface area contributed by atoms with Crippen LogP contribution in [0.25, 0.3) is 0 Å². The quantitative estimate of drug-likeness (QED) is 0.237. The van der Waals surface area contributed by atoms with Gasteiger partial charge in [-0.2, -0.15) is 5.01 Å². The number of methoxy groups -OCH3 is 2. The Kier molecular flexibility index (Phi) is 7.04. The average Bonchev–Trinajstić information content (AvgIpc) is 3.42. The molecule has 242 valence electrons. The Hall–Kier alpha value is -5.30. The van der Waals surface area contributed by atoms with Crippen LogP contribution in [0.4, 0.5) is 10.1 Å². The molecule has 0 radical (unpaired) electrons. The summed E-state index contributed by atoms with van der Waals surface area (Å²) in [6, 6.07) is 13.8. The molecule has 7 rings (SSSR count). The Labute approximate surface area is 271 Å². The molecule has 0 bridgehead atoms. The monoisotopic (exact) mass is 661 g/mol. The van der Waals surface area contributed by atoms with Crippen molar-refractivity contribution in [3.8, 4) is 17.2 Å². The van der Waals surface area contributed by atoms with Crippen LogP contribution in [0.3, 0.4) is 0 Å². The number of benzene rings is 3. The van der Waals surface area contributed by atoms with Gasteiger partial charge < -0.3 is 14.6 Å². The summed E-state index contributed by atoms with van der Waals surface area (Å²) in [5, 5.41) is 13.0. The van der Waals surface area contributed by atoms with Crippen LogP contribution in [0.1, 0.15) is 29.5 Å². The van der Waals surface area contributed by atoms with Crippen molar-refractivity contribution in [2.24, 2.45) is 13.0 Å². The summed E-state index contributed by atoms with van der Waals surface area (Å²) in [4.78, 5) is 56.3. The van der Waals surface area contributed by atoms with Gasteiger partial charge in [0, 0.05) is 35.7 Å². The first-order valence-corrected chi connectivity index (χ1v) is 15.1. The fourth-order valence-electron chi connectivity index (χ4n) is 7.50. The Bertz CT molecular complexity index is 2100. The third-order valence-electron chi connectivity index (χ3n) is 9.55. The lowest BCUT2D eigenvalue weighted by atomic mass is 9.53. The second kappa shape index (κ2) is 10.9. The molecule has 1 saturated carbocycles. The lowest BCUT2D eigenvalue weighted by Crippen LogP contribution is -2.53. The molecule has 1 saturated heterocycles. The minimum Gasteiger partial charge on any atom is -0.507 e. The fraction of sp³-hybridized carbons (Fsp3) is 0.273. The van der Waals surface area contributed by atoms with Gasteiger partial charge >= 0.3 is 11.4 Å². The van der Waals surface area contributed by atoms with Gasteiger partial charge in [0.15, 0.2) is 0 Å².